The zero-order valence-electron chi connectivity index (χ0n) is 13.5. The maximum absolute atomic E-state index is 13.4. The second-order valence-electron chi connectivity index (χ2n) is 5.37. The van der Waals surface area contributed by atoms with Gasteiger partial charge < -0.3 is 9.30 Å². The van der Waals surface area contributed by atoms with E-state index in [1.807, 2.05) is 6.07 Å². The smallest absolute Gasteiger partial charge is 0.430 e. The minimum atomic E-state index is -4.79. The maximum Gasteiger partial charge on any atom is 0.430 e. The van der Waals surface area contributed by atoms with Crippen LogP contribution in [0, 0.1) is 25.2 Å². The minimum Gasteiger partial charge on any atom is -0.443 e. The van der Waals surface area contributed by atoms with Crippen LogP contribution in [0.4, 0.5) is 13.2 Å². The lowest BCUT2D eigenvalue weighted by atomic mass is 10.1. The summed E-state index contributed by atoms with van der Waals surface area (Å²) in [5, 5.41) is 12.8. The summed E-state index contributed by atoms with van der Waals surface area (Å²) < 4.78 is 47.6. The lowest BCUT2D eigenvalue weighted by Gasteiger charge is -2.21. The van der Waals surface area contributed by atoms with Crippen LogP contribution in [0.25, 0.3) is 0 Å². The van der Waals surface area contributed by atoms with E-state index in [1.54, 1.807) is 0 Å². The van der Waals surface area contributed by atoms with Crippen LogP contribution in [0.5, 0.6) is 0 Å². The van der Waals surface area contributed by atoms with E-state index < -0.39 is 18.2 Å². The molecule has 0 saturated heterocycles. The van der Waals surface area contributed by atoms with Crippen molar-refractivity contribution in [2.45, 2.75) is 26.1 Å². The standard InChI is InChI=1S/C15H15F3N4O2/c1-8-12(9(2)22(4)20-8)13(15(16,17)18)24-14(23)11-5-10(6-19)7-21(11)3/h5,7,13H,1-4H3/t13-/m0/s1. The quantitative estimate of drug-likeness (QED) is 0.806. The highest BCUT2D eigenvalue weighted by Gasteiger charge is 2.47. The van der Waals surface area contributed by atoms with Crippen molar-refractivity contribution in [3.8, 4) is 6.07 Å². The molecule has 2 aromatic heterocycles. The van der Waals surface area contributed by atoms with Gasteiger partial charge in [-0.3, -0.25) is 4.68 Å². The molecule has 6 nitrogen and oxygen atoms in total. The van der Waals surface area contributed by atoms with E-state index in [0.29, 0.717) is 0 Å². The number of rotatable bonds is 3. The molecular formula is C15H15F3N4O2. The van der Waals surface area contributed by atoms with Crippen LogP contribution in [0.15, 0.2) is 12.3 Å². The molecule has 1 atom stereocenters. The van der Waals surface area contributed by atoms with Crippen LogP contribution in [-0.2, 0) is 18.8 Å². The normalized spacial score (nSPS) is 12.8. The number of hydrogen-bond acceptors (Lipinski definition) is 4. The van der Waals surface area contributed by atoms with Gasteiger partial charge in [0.05, 0.1) is 11.3 Å². The Bertz CT molecular complexity index is 827. The number of aromatic nitrogens is 3. The number of aryl methyl sites for hydroxylation is 3. The van der Waals surface area contributed by atoms with Crippen molar-refractivity contribution < 1.29 is 22.7 Å². The van der Waals surface area contributed by atoms with E-state index in [0.717, 1.165) is 0 Å². The van der Waals surface area contributed by atoms with E-state index in [4.69, 9.17) is 10.00 Å². The van der Waals surface area contributed by atoms with Crippen molar-refractivity contribution >= 4 is 5.97 Å². The largest absolute Gasteiger partial charge is 0.443 e. The second kappa shape index (κ2) is 6.03. The van der Waals surface area contributed by atoms with E-state index in [1.165, 1.54) is 49.5 Å². The zero-order valence-corrected chi connectivity index (χ0v) is 13.5. The fourth-order valence-electron chi connectivity index (χ4n) is 2.45. The number of alkyl halides is 3. The average molecular weight is 340 g/mol. The number of halogens is 3. The monoisotopic (exact) mass is 340 g/mol. The van der Waals surface area contributed by atoms with Crippen molar-refractivity contribution in [2.75, 3.05) is 0 Å². The number of esters is 1. The highest BCUT2D eigenvalue weighted by molar-refractivity contribution is 5.88. The van der Waals surface area contributed by atoms with Crippen LogP contribution in [0.1, 0.15) is 39.1 Å². The number of carbonyl (C=O) groups is 1. The summed E-state index contributed by atoms with van der Waals surface area (Å²) in [5.74, 6) is -1.16. The van der Waals surface area contributed by atoms with Gasteiger partial charge in [-0.05, 0) is 19.9 Å². The first-order valence-corrected chi connectivity index (χ1v) is 6.90. The third kappa shape index (κ3) is 3.13. The van der Waals surface area contributed by atoms with Gasteiger partial charge in [0.1, 0.15) is 11.8 Å². The van der Waals surface area contributed by atoms with Crippen LogP contribution in [0.2, 0.25) is 0 Å². The molecule has 0 unspecified atom stereocenters. The van der Waals surface area contributed by atoms with Gasteiger partial charge in [-0.15, -0.1) is 0 Å². The highest BCUT2D eigenvalue weighted by atomic mass is 19.4. The Labute approximate surface area is 136 Å². The van der Waals surface area contributed by atoms with E-state index in [-0.39, 0.29) is 28.2 Å². The summed E-state index contributed by atoms with van der Waals surface area (Å²) in [6, 6.07) is 2.99. The van der Waals surface area contributed by atoms with Gasteiger partial charge in [0, 0.05) is 31.5 Å². The van der Waals surface area contributed by atoms with Crippen molar-refractivity contribution in [3.05, 3.63) is 40.5 Å². The van der Waals surface area contributed by atoms with Crippen LogP contribution in [0.3, 0.4) is 0 Å². The summed E-state index contributed by atoms with van der Waals surface area (Å²) >= 11 is 0. The Hall–Kier alpha value is -2.76. The number of nitrogens with zero attached hydrogens (tertiary/aromatic N) is 4. The maximum atomic E-state index is 13.4. The number of hydrogen-bond donors (Lipinski definition) is 0. The molecule has 128 valence electrons. The Morgan fingerprint density at radius 2 is 2.00 bits per heavy atom. The molecule has 0 spiro atoms. The molecule has 0 aliphatic carbocycles. The first-order valence-electron chi connectivity index (χ1n) is 6.90. The molecule has 24 heavy (non-hydrogen) atoms. The lowest BCUT2D eigenvalue weighted by molar-refractivity contribution is -0.207. The van der Waals surface area contributed by atoms with Crippen molar-refractivity contribution in [3.63, 3.8) is 0 Å². The third-order valence-corrected chi connectivity index (χ3v) is 3.69. The van der Waals surface area contributed by atoms with Crippen molar-refractivity contribution in [2.24, 2.45) is 14.1 Å². The van der Waals surface area contributed by atoms with E-state index in [2.05, 4.69) is 5.10 Å². The molecule has 0 aliphatic rings. The van der Waals surface area contributed by atoms with Gasteiger partial charge in [0.2, 0.25) is 6.10 Å². The van der Waals surface area contributed by atoms with Crippen LogP contribution < -0.4 is 0 Å². The molecule has 2 heterocycles. The summed E-state index contributed by atoms with van der Waals surface area (Å²) in [7, 11) is 2.96. The molecule has 0 radical (unpaired) electrons. The van der Waals surface area contributed by atoms with Crippen molar-refractivity contribution in [1.29, 1.82) is 5.26 Å². The molecule has 0 aliphatic heterocycles. The molecule has 0 bridgehead atoms. The number of carbonyl (C=O) groups excluding carboxylic acids is 1. The van der Waals surface area contributed by atoms with Gasteiger partial charge >= 0.3 is 12.1 Å². The van der Waals surface area contributed by atoms with Gasteiger partial charge in [-0.25, -0.2) is 4.79 Å². The summed E-state index contributed by atoms with van der Waals surface area (Å²) in [4.78, 5) is 12.2. The summed E-state index contributed by atoms with van der Waals surface area (Å²) in [6.07, 6.45) is -5.89. The van der Waals surface area contributed by atoms with E-state index in [9.17, 15) is 18.0 Å². The van der Waals surface area contributed by atoms with Gasteiger partial charge in [-0.1, -0.05) is 0 Å². The number of ether oxygens (including phenoxy) is 1. The Morgan fingerprint density at radius 1 is 1.38 bits per heavy atom. The van der Waals surface area contributed by atoms with Crippen LogP contribution >= 0.6 is 0 Å². The van der Waals surface area contributed by atoms with Gasteiger partial charge in [0.25, 0.3) is 0 Å². The summed E-state index contributed by atoms with van der Waals surface area (Å²) in [6.45, 7) is 2.89. The van der Waals surface area contributed by atoms with Gasteiger partial charge in [0.15, 0.2) is 0 Å². The third-order valence-electron chi connectivity index (χ3n) is 3.69. The molecule has 0 N–H and O–H groups in total. The average Bonchev–Trinajstić information content (AvgIpc) is 2.96. The molecule has 0 saturated carbocycles. The molecule has 9 heteroatoms. The van der Waals surface area contributed by atoms with Crippen LogP contribution in [-0.4, -0.2) is 26.5 Å². The molecule has 0 amide bonds. The second-order valence-corrected chi connectivity index (χ2v) is 5.37. The zero-order chi connectivity index (χ0) is 18.2. The van der Waals surface area contributed by atoms with E-state index >= 15 is 0 Å². The Morgan fingerprint density at radius 3 is 2.42 bits per heavy atom. The first kappa shape index (κ1) is 17.6. The SMILES string of the molecule is Cc1nn(C)c(C)c1[C@H](OC(=O)c1cc(C#N)cn1C)C(F)(F)F. The lowest BCUT2D eigenvalue weighted by Crippen LogP contribution is -2.28. The predicted octanol–water partition coefficient (Wildman–Crippen LogP) is 2.71. The topological polar surface area (TPSA) is 72.8 Å². The fraction of sp³-hybridized carbons (Fsp3) is 0.400. The summed E-state index contributed by atoms with van der Waals surface area (Å²) in [5.41, 5.74) is 0.219. The molecule has 0 aromatic carbocycles. The fourth-order valence-corrected chi connectivity index (χ4v) is 2.45. The molecule has 2 rings (SSSR count). The van der Waals surface area contributed by atoms with Gasteiger partial charge in [-0.2, -0.15) is 23.5 Å². The highest BCUT2D eigenvalue weighted by Crippen LogP contribution is 2.39. The molecule has 0 fully saturated rings. The Kier molecular flexibility index (Phi) is 4.42. The minimum absolute atomic E-state index is 0.134. The molecule has 2 aromatic rings. The number of nitriles is 1. The molecular weight excluding hydrogens is 325 g/mol. The first-order chi connectivity index (χ1) is 11.1. The van der Waals surface area contributed by atoms with Crippen molar-refractivity contribution in [1.82, 2.24) is 14.3 Å². The Balaban J connectivity index is 2.42. The predicted molar refractivity (Wildman–Crippen MR) is 77.0 cm³/mol.